The second-order valence-electron chi connectivity index (χ2n) is 7.26. The molecule has 0 aromatic heterocycles. The average molecular weight is 762 g/mol. The molecular formula is C19H13Br3Cl2F6O4S. The van der Waals surface area contributed by atoms with Crippen molar-refractivity contribution < 1.29 is 44.0 Å². The van der Waals surface area contributed by atoms with Crippen LogP contribution in [0.1, 0.15) is 28.7 Å². The highest BCUT2D eigenvalue weighted by Gasteiger charge is 2.41. The van der Waals surface area contributed by atoms with Crippen molar-refractivity contribution in [2.45, 2.75) is 35.0 Å². The summed E-state index contributed by atoms with van der Waals surface area (Å²) in [5, 5.41) is 11.0. The quantitative estimate of drug-likeness (QED) is 0.129. The summed E-state index contributed by atoms with van der Waals surface area (Å²) in [6.45, 7) is -1.25. The number of alkyl halides is 8. The van der Waals surface area contributed by atoms with Crippen LogP contribution in [0.3, 0.4) is 0 Å². The van der Waals surface area contributed by atoms with E-state index >= 15 is 0 Å². The Morgan fingerprint density at radius 3 is 1.69 bits per heavy atom. The molecule has 2 aromatic rings. The van der Waals surface area contributed by atoms with Gasteiger partial charge in [-0.15, -0.1) is 23.2 Å². The highest BCUT2D eigenvalue weighted by atomic mass is 79.9. The fourth-order valence-electron chi connectivity index (χ4n) is 2.86. The standard InChI is InChI=1S/C19H13Br3Cl2F6O4S/c20-13-1-9(2-14(21)16(13)22)7-35(32,33)34-8-17(31,6-15(23)24)10-3-11(18(25,26)27)5-12(4-10)19(28,29)30/h1-5,15,31H,6-8H2. The van der Waals surface area contributed by atoms with E-state index in [1.54, 1.807) is 0 Å². The van der Waals surface area contributed by atoms with Crippen molar-refractivity contribution >= 4 is 81.1 Å². The number of benzene rings is 2. The van der Waals surface area contributed by atoms with Gasteiger partial charge in [0, 0.05) is 19.8 Å². The van der Waals surface area contributed by atoms with E-state index in [9.17, 15) is 39.9 Å². The van der Waals surface area contributed by atoms with Gasteiger partial charge >= 0.3 is 12.4 Å². The topological polar surface area (TPSA) is 63.6 Å². The minimum Gasteiger partial charge on any atom is -0.383 e. The van der Waals surface area contributed by atoms with Gasteiger partial charge in [0.05, 0.1) is 17.7 Å². The van der Waals surface area contributed by atoms with Crippen molar-refractivity contribution in [2.24, 2.45) is 0 Å². The molecule has 196 valence electrons. The number of hydrogen-bond donors (Lipinski definition) is 1. The largest absolute Gasteiger partial charge is 0.416 e. The minimum absolute atomic E-state index is 0.135. The summed E-state index contributed by atoms with van der Waals surface area (Å²) in [5.74, 6) is -0.727. The van der Waals surface area contributed by atoms with Gasteiger partial charge in [0.15, 0.2) is 0 Å². The lowest BCUT2D eigenvalue weighted by Crippen LogP contribution is -2.35. The van der Waals surface area contributed by atoms with Crippen molar-refractivity contribution in [3.05, 3.63) is 66.0 Å². The van der Waals surface area contributed by atoms with E-state index in [0.717, 1.165) is 0 Å². The SMILES string of the molecule is O=S(=O)(Cc1cc(Br)c(Br)c(Br)c1)OCC(O)(CC(Cl)Cl)c1cc(C(F)(F)F)cc(C(F)(F)F)c1. The second kappa shape index (κ2) is 11.3. The van der Waals surface area contributed by atoms with Crippen LogP contribution in [0.4, 0.5) is 26.3 Å². The van der Waals surface area contributed by atoms with Crippen molar-refractivity contribution in [3.8, 4) is 0 Å². The summed E-state index contributed by atoms with van der Waals surface area (Å²) in [5.41, 5.74) is -6.84. The Kier molecular flexibility index (Phi) is 10.1. The maximum absolute atomic E-state index is 13.3. The molecule has 0 saturated carbocycles. The lowest BCUT2D eigenvalue weighted by Gasteiger charge is -2.30. The predicted molar refractivity (Wildman–Crippen MR) is 129 cm³/mol. The monoisotopic (exact) mass is 758 g/mol. The first-order valence-corrected chi connectivity index (χ1v) is 13.9. The highest BCUT2D eigenvalue weighted by molar-refractivity contribution is 9.14. The fraction of sp³-hybridized carbons (Fsp3) is 0.368. The van der Waals surface area contributed by atoms with Gasteiger partial charge in [-0.25, -0.2) is 0 Å². The van der Waals surface area contributed by atoms with Crippen LogP contribution in [0.25, 0.3) is 0 Å². The minimum atomic E-state index is -5.20. The molecule has 0 aliphatic heterocycles. The molecule has 0 amide bonds. The molecule has 0 saturated heterocycles. The van der Waals surface area contributed by atoms with E-state index in [2.05, 4.69) is 47.8 Å². The Bertz CT molecular complexity index is 1140. The van der Waals surface area contributed by atoms with Crippen molar-refractivity contribution in [1.82, 2.24) is 0 Å². The van der Waals surface area contributed by atoms with Crippen LogP contribution in [0.5, 0.6) is 0 Å². The van der Waals surface area contributed by atoms with Crippen LogP contribution in [-0.4, -0.2) is 25.0 Å². The molecule has 35 heavy (non-hydrogen) atoms. The van der Waals surface area contributed by atoms with Gasteiger partial charge in [0.2, 0.25) is 0 Å². The Labute approximate surface area is 231 Å². The molecule has 2 aromatic carbocycles. The molecule has 1 atom stereocenters. The van der Waals surface area contributed by atoms with Crippen LogP contribution in [0.2, 0.25) is 0 Å². The summed E-state index contributed by atoms with van der Waals surface area (Å²) in [6, 6.07) is 3.26. The molecule has 0 aliphatic carbocycles. The van der Waals surface area contributed by atoms with Gasteiger partial charge in [-0.05, 0) is 89.2 Å². The van der Waals surface area contributed by atoms with E-state index in [1.807, 2.05) is 0 Å². The summed E-state index contributed by atoms with van der Waals surface area (Å²) >= 11 is 21.0. The molecule has 0 spiro atoms. The van der Waals surface area contributed by atoms with Crippen LogP contribution in [0, 0.1) is 0 Å². The zero-order chi connectivity index (χ0) is 27.0. The number of aliphatic hydroxyl groups is 1. The van der Waals surface area contributed by atoms with Gasteiger partial charge < -0.3 is 5.11 Å². The van der Waals surface area contributed by atoms with Crippen LogP contribution in [-0.2, 0) is 38.0 Å². The summed E-state index contributed by atoms with van der Waals surface area (Å²) in [7, 11) is -4.48. The highest BCUT2D eigenvalue weighted by Crippen LogP contribution is 2.40. The molecule has 4 nitrogen and oxygen atoms in total. The Morgan fingerprint density at radius 1 is 0.857 bits per heavy atom. The second-order valence-corrected chi connectivity index (χ2v) is 12.7. The average Bonchev–Trinajstić information content (AvgIpc) is 2.68. The van der Waals surface area contributed by atoms with E-state index in [4.69, 9.17) is 27.4 Å². The van der Waals surface area contributed by atoms with Crippen molar-refractivity contribution in [1.29, 1.82) is 0 Å². The van der Waals surface area contributed by atoms with Crippen LogP contribution < -0.4 is 0 Å². The zero-order valence-corrected chi connectivity index (χ0v) is 23.9. The first kappa shape index (κ1) is 31.1. The summed E-state index contributed by atoms with van der Waals surface area (Å²) in [6.07, 6.45) is -11.2. The summed E-state index contributed by atoms with van der Waals surface area (Å²) < 4.78 is 111. The van der Waals surface area contributed by atoms with Gasteiger partial charge in [-0.1, -0.05) is 0 Å². The van der Waals surface area contributed by atoms with Crippen LogP contribution in [0.15, 0.2) is 43.7 Å². The maximum Gasteiger partial charge on any atom is 0.416 e. The molecule has 0 heterocycles. The van der Waals surface area contributed by atoms with E-state index in [1.165, 1.54) is 12.1 Å². The molecule has 0 bridgehead atoms. The Morgan fingerprint density at radius 2 is 1.29 bits per heavy atom. The number of rotatable bonds is 8. The van der Waals surface area contributed by atoms with Gasteiger partial charge in [-0.3, -0.25) is 4.18 Å². The van der Waals surface area contributed by atoms with Crippen molar-refractivity contribution in [2.75, 3.05) is 6.61 Å². The number of hydrogen-bond acceptors (Lipinski definition) is 4. The third-order valence-corrected chi connectivity index (χ3v) is 9.12. The van der Waals surface area contributed by atoms with Gasteiger partial charge in [0.1, 0.15) is 16.2 Å². The Balaban J connectivity index is 2.46. The first-order chi connectivity index (χ1) is 15.7. The summed E-state index contributed by atoms with van der Waals surface area (Å²) in [4.78, 5) is -1.49. The normalized spacial score (nSPS) is 14.9. The molecule has 2 rings (SSSR count). The van der Waals surface area contributed by atoms with Crippen LogP contribution >= 0.6 is 71.0 Å². The lowest BCUT2D eigenvalue weighted by molar-refractivity contribution is -0.143. The zero-order valence-electron chi connectivity index (χ0n) is 16.8. The molecule has 0 aliphatic rings. The fourth-order valence-corrected chi connectivity index (χ4v) is 5.92. The van der Waals surface area contributed by atoms with E-state index in [-0.39, 0.29) is 23.8 Å². The van der Waals surface area contributed by atoms with Gasteiger partial charge in [0.25, 0.3) is 10.1 Å². The third-order valence-electron chi connectivity index (χ3n) is 4.48. The molecule has 1 N–H and O–H groups in total. The molecule has 0 radical (unpaired) electrons. The third kappa shape index (κ3) is 8.72. The molecule has 1 unspecified atom stereocenters. The maximum atomic E-state index is 13.3. The van der Waals surface area contributed by atoms with Crippen molar-refractivity contribution in [3.63, 3.8) is 0 Å². The lowest BCUT2D eigenvalue weighted by atomic mass is 9.89. The molecule has 0 fully saturated rings. The number of halogens is 11. The smallest absolute Gasteiger partial charge is 0.383 e. The first-order valence-electron chi connectivity index (χ1n) is 9.04. The molecular weight excluding hydrogens is 749 g/mol. The van der Waals surface area contributed by atoms with Gasteiger partial charge in [-0.2, -0.15) is 34.8 Å². The predicted octanol–water partition coefficient (Wildman–Crippen LogP) is 7.94. The van der Waals surface area contributed by atoms with E-state index in [0.29, 0.717) is 13.4 Å². The Hall–Kier alpha value is -0.0900. The molecule has 16 heteroatoms. The van der Waals surface area contributed by atoms with E-state index < -0.39 is 68.4 Å².